The second-order valence-electron chi connectivity index (χ2n) is 16.7. The summed E-state index contributed by atoms with van der Waals surface area (Å²) in [6.07, 6.45) is 22.0. The Morgan fingerprint density at radius 3 is 2.45 bits per heavy atom. The van der Waals surface area contributed by atoms with Gasteiger partial charge in [0.1, 0.15) is 6.10 Å². The molecule has 7 unspecified atom stereocenters. The molecule has 0 aromatic rings. The van der Waals surface area contributed by atoms with E-state index in [-0.39, 0.29) is 36.2 Å². The van der Waals surface area contributed by atoms with Gasteiger partial charge in [-0.3, -0.25) is 9.59 Å². The lowest BCUT2D eigenvalue weighted by Crippen LogP contribution is -2.50. The summed E-state index contributed by atoms with van der Waals surface area (Å²) in [4.78, 5) is 27.9. The number of hydrogen-bond acceptors (Lipinski definition) is 6. The third-order valence-electron chi connectivity index (χ3n) is 13.3. The highest BCUT2D eigenvalue weighted by atomic mass is 16.5. The summed E-state index contributed by atoms with van der Waals surface area (Å²) in [6, 6.07) is 0. The molecule has 7 nitrogen and oxygen atoms in total. The number of amides is 1. The number of fused-ring (bicyclic) bond motifs is 5. The maximum Gasteiger partial charge on any atom is 0.306 e. The van der Waals surface area contributed by atoms with Crippen molar-refractivity contribution in [2.45, 2.75) is 149 Å². The predicted octanol–water partition coefficient (Wildman–Crippen LogP) is 7.37. The van der Waals surface area contributed by atoms with Gasteiger partial charge in [0, 0.05) is 25.9 Å². The molecule has 270 valence electrons. The molecule has 0 radical (unpaired) electrons. The molecular weight excluding hydrogens is 584 g/mol. The molecule has 47 heavy (non-hydrogen) atoms. The molecule has 3 saturated carbocycles. The smallest absolute Gasteiger partial charge is 0.306 e. The Kier molecular flexibility index (Phi) is 15.1. The molecular formula is C40H72N4O3. The van der Waals surface area contributed by atoms with Crippen molar-refractivity contribution in [3.05, 3.63) is 11.6 Å². The third kappa shape index (κ3) is 10.1. The van der Waals surface area contributed by atoms with Crippen LogP contribution in [-0.2, 0) is 14.3 Å². The van der Waals surface area contributed by atoms with Crippen LogP contribution in [0, 0.1) is 40.4 Å². The first-order valence-corrected chi connectivity index (χ1v) is 19.9. The second-order valence-corrected chi connectivity index (χ2v) is 16.7. The van der Waals surface area contributed by atoms with Gasteiger partial charge < -0.3 is 26.4 Å². The summed E-state index contributed by atoms with van der Waals surface area (Å²) in [5.41, 5.74) is 13.6. The van der Waals surface area contributed by atoms with E-state index in [4.69, 9.17) is 16.2 Å². The van der Waals surface area contributed by atoms with E-state index in [1.807, 2.05) is 4.90 Å². The number of nitrogens with zero attached hydrogens (tertiary/aromatic N) is 1. The van der Waals surface area contributed by atoms with E-state index in [9.17, 15) is 9.59 Å². The Balaban J connectivity index is 1.23. The van der Waals surface area contributed by atoms with Crippen molar-refractivity contribution < 1.29 is 14.3 Å². The van der Waals surface area contributed by atoms with Crippen molar-refractivity contribution in [1.29, 1.82) is 0 Å². The summed E-state index contributed by atoms with van der Waals surface area (Å²) in [7, 11) is 0. The Labute approximate surface area is 288 Å². The summed E-state index contributed by atoms with van der Waals surface area (Å²) in [5.74, 6) is 4.04. The number of nitrogens with two attached hydrogens (primary N) is 2. The first-order chi connectivity index (χ1) is 22.6. The van der Waals surface area contributed by atoms with Crippen molar-refractivity contribution >= 4 is 11.9 Å². The van der Waals surface area contributed by atoms with Crippen molar-refractivity contribution in [3.63, 3.8) is 0 Å². The van der Waals surface area contributed by atoms with Gasteiger partial charge in [-0.2, -0.15) is 0 Å². The summed E-state index contributed by atoms with van der Waals surface area (Å²) in [5, 5.41) is 3.40. The van der Waals surface area contributed by atoms with Gasteiger partial charge in [0.2, 0.25) is 5.91 Å². The van der Waals surface area contributed by atoms with Crippen LogP contribution in [0.2, 0.25) is 0 Å². The van der Waals surface area contributed by atoms with E-state index in [1.54, 1.807) is 5.57 Å². The van der Waals surface area contributed by atoms with E-state index in [1.165, 1.54) is 57.8 Å². The Morgan fingerprint density at radius 2 is 1.68 bits per heavy atom. The highest BCUT2D eigenvalue weighted by molar-refractivity contribution is 5.81. The van der Waals surface area contributed by atoms with E-state index in [2.05, 4.69) is 39.1 Å². The van der Waals surface area contributed by atoms with Gasteiger partial charge in [-0.25, -0.2) is 0 Å². The topological polar surface area (TPSA) is 111 Å². The van der Waals surface area contributed by atoms with Gasteiger partial charge in [-0.15, -0.1) is 0 Å². The van der Waals surface area contributed by atoms with E-state index < -0.39 is 0 Å². The lowest BCUT2D eigenvalue weighted by Gasteiger charge is -2.58. The molecule has 7 atom stereocenters. The number of esters is 1. The average Bonchev–Trinajstić information content (AvgIpc) is 3.39. The fraction of sp³-hybridized carbons (Fsp3) is 0.900. The Bertz CT molecular complexity index is 1020. The van der Waals surface area contributed by atoms with Crippen molar-refractivity contribution in [1.82, 2.24) is 10.2 Å². The quantitative estimate of drug-likeness (QED) is 0.0717. The van der Waals surface area contributed by atoms with Crippen molar-refractivity contribution in [2.24, 2.45) is 51.9 Å². The molecule has 0 aliphatic heterocycles. The maximum absolute atomic E-state index is 13.1. The number of unbranched alkanes of at least 4 members (excludes halogenated alkanes) is 2. The van der Waals surface area contributed by atoms with Gasteiger partial charge >= 0.3 is 5.97 Å². The molecule has 5 N–H and O–H groups in total. The van der Waals surface area contributed by atoms with Crippen LogP contribution in [0.4, 0.5) is 0 Å². The minimum atomic E-state index is -0.219. The minimum absolute atomic E-state index is 0.0396. The van der Waals surface area contributed by atoms with Crippen LogP contribution in [0.15, 0.2) is 11.6 Å². The van der Waals surface area contributed by atoms with Gasteiger partial charge in [0.25, 0.3) is 0 Å². The van der Waals surface area contributed by atoms with Gasteiger partial charge in [-0.1, -0.05) is 58.6 Å². The monoisotopic (exact) mass is 657 g/mol. The van der Waals surface area contributed by atoms with E-state index >= 15 is 0 Å². The molecule has 7 heteroatoms. The molecule has 0 heterocycles. The number of carbonyl (C=O) groups excluding carboxylic acids is 2. The number of ether oxygens (including phenoxy) is 1. The minimum Gasteiger partial charge on any atom is -0.462 e. The summed E-state index contributed by atoms with van der Waals surface area (Å²) >= 11 is 0. The van der Waals surface area contributed by atoms with Gasteiger partial charge in [0.05, 0.1) is 6.42 Å². The Hall–Kier alpha value is -1.44. The molecule has 0 bridgehead atoms. The molecule has 0 spiro atoms. The number of carbonyl (C=O) groups is 2. The number of allylic oxidation sites excluding steroid dienone is 1. The summed E-state index contributed by atoms with van der Waals surface area (Å²) in [6.45, 7) is 14.4. The third-order valence-corrected chi connectivity index (χ3v) is 13.3. The fourth-order valence-electron chi connectivity index (χ4n) is 10.4. The predicted molar refractivity (Wildman–Crippen MR) is 194 cm³/mol. The van der Waals surface area contributed by atoms with Crippen LogP contribution in [0.3, 0.4) is 0 Å². The number of hydrogen-bond donors (Lipinski definition) is 3. The average molecular weight is 657 g/mol. The van der Waals surface area contributed by atoms with Crippen molar-refractivity contribution in [2.75, 3.05) is 39.3 Å². The van der Waals surface area contributed by atoms with Crippen molar-refractivity contribution in [3.8, 4) is 0 Å². The van der Waals surface area contributed by atoms with Crippen LogP contribution < -0.4 is 16.8 Å². The lowest BCUT2D eigenvalue weighted by molar-refractivity contribution is -0.153. The molecule has 0 aromatic carbocycles. The molecule has 1 amide bonds. The molecule has 0 saturated heterocycles. The normalized spacial score (nSPS) is 31.6. The second kappa shape index (κ2) is 18.5. The van der Waals surface area contributed by atoms with Gasteiger partial charge in [0.15, 0.2) is 0 Å². The first kappa shape index (κ1) is 38.4. The Morgan fingerprint density at radius 1 is 0.915 bits per heavy atom. The number of nitrogens with one attached hydrogen (secondary N) is 1. The molecule has 4 rings (SSSR count). The zero-order chi connectivity index (χ0) is 33.9. The molecule has 0 aromatic heterocycles. The van der Waals surface area contributed by atoms with Crippen LogP contribution >= 0.6 is 0 Å². The number of rotatable bonds is 20. The largest absolute Gasteiger partial charge is 0.462 e. The zero-order valence-electron chi connectivity index (χ0n) is 30.8. The SMILES string of the molecule is CC(C)CCCCC1CCC2C3CC=C4CC(OC(=O)CCC(=O)N(CCCN)CCCCNCCCN)CCC4(C)C3CCC12C. The van der Waals surface area contributed by atoms with Crippen LogP contribution in [-0.4, -0.2) is 62.1 Å². The molecule has 4 aliphatic carbocycles. The molecule has 4 aliphatic rings. The van der Waals surface area contributed by atoms with Gasteiger partial charge in [-0.05, 0) is 144 Å². The van der Waals surface area contributed by atoms with Crippen LogP contribution in [0.25, 0.3) is 0 Å². The highest BCUT2D eigenvalue weighted by Crippen LogP contribution is 2.66. The van der Waals surface area contributed by atoms with Crippen LogP contribution in [0.1, 0.15) is 143 Å². The fourth-order valence-corrected chi connectivity index (χ4v) is 10.4. The van der Waals surface area contributed by atoms with E-state index in [0.29, 0.717) is 31.6 Å². The van der Waals surface area contributed by atoms with Crippen LogP contribution in [0.5, 0.6) is 0 Å². The lowest BCUT2D eigenvalue weighted by atomic mass is 9.47. The highest BCUT2D eigenvalue weighted by Gasteiger charge is 2.58. The zero-order valence-corrected chi connectivity index (χ0v) is 30.8. The first-order valence-electron chi connectivity index (χ1n) is 19.9. The summed E-state index contributed by atoms with van der Waals surface area (Å²) < 4.78 is 6.05. The van der Waals surface area contributed by atoms with E-state index in [0.717, 1.165) is 87.6 Å². The standard InChI is InChI=1S/C40H72N4O3/c1-30(2)11-5-6-12-31-14-16-35-34-15-13-32-29-33(19-21-40(32,4)36(34)20-22-39(31,35)3)47-38(46)18-17-37(45)44(28-10-24-42)27-8-7-25-43-26-9-23-41/h13,30-31,33-36,43H,5-12,14-29,41-42H2,1-4H3. The molecule has 3 fully saturated rings. The maximum atomic E-state index is 13.1.